The van der Waals surface area contributed by atoms with Crippen LogP contribution in [0.25, 0.3) is 0 Å². The minimum absolute atomic E-state index is 0.748. The summed E-state index contributed by atoms with van der Waals surface area (Å²) >= 11 is 0. The number of hydrogen-bond acceptors (Lipinski definition) is 3. The Morgan fingerprint density at radius 1 is 0.395 bits per heavy atom. The first-order valence-corrected chi connectivity index (χ1v) is 12.9. The highest BCUT2D eigenvalue weighted by Gasteiger charge is 2.19. The maximum atomic E-state index is 6.46. The van der Waals surface area contributed by atoms with Gasteiger partial charge in [0.05, 0.1) is 5.69 Å². The molecule has 190 valence electrons. The van der Waals surface area contributed by atoms with Gasteiger partial charge in [0.25, 0.3) is 0 Å². The quantitative estimate of drug-likeness (QED) is 0.222. The number of nitrogens with zero attached hydrogens (tertiary/aromatic N) is 1. The third-order valence-electron chi connectivity index (χ3n) is 6.64. The lowest BCUT2D eigenvalue weighted by atomic mass is 10.1. The summed E-state index contributed by atoms with van der Waals surface area (Å²) < 4.78 is 12.9. The molecule has 0 amide bonds. The monoisotopic (exact) mass is 499 g/mol. The molecule has 0 fully saturated rings. The van der Waals surface area contributed by atoms with Gasteiger partial charge in [-0.1, -0.05) is 70.8 Å². The molecule has 0 aromatic heterocycles. The molecule has 0 radical (unpaired) electrons. The van der Waals surface area contributed by atoms with Crippen molar-refractivity contribution in [3.8, 4) is 23.0 Å². The van der Waals surface area contributed by atoms with E-state index < -0.39 is 0 Å². The zero-order valence-electron chi connectivity index (χ0n) is 22.7. The molecule has 0 aliphatic carbocycles. The number of ether oxygens (including phenoxy) is 2. The van der Waals surface area contributed by atoms with Crippen LogP contribution in [-0.2, 0) is 0 Å². The maximum absolute atomic E-state index is 6.46. The maximum Gasteiger partial charge on any atom is 0.136 e. The average Bonchev–Trinajstić information content (AvgIpc) is 2.91. The molecule has 0 atom stereocenters. The van der Waals surface area contributed by atoms with Crippen molar-refractivity contribution in [3.63, 3.8) is 0 Å². The fraction of sp³-hybridized carbons (Fsp3) is 0.143. The Hall–Kier alpha value is -4.50. The molecule has 0 heterocycles. The molecule has 0 aliphatic heterocycles. The Morgan fingerprint density at radius 2 is 0.711 bits per heavy atom. The molecule has 3 heteroatoms. The van der Waals surface area contributed by atoms with E-state index in [0.29, 0.717) is 0 Å². The van der Waals surface area contributed by atoms with Crippen molar-refractivity contribution in [2.24, 2.45) is 0 Å². The summed E-state index contributed by atoms with van der Waals surface area (Å²) in [5.41, 5.74) is 8.82. The first-order chi connectivity index (χ1) is 18.4. The van der Waals surface area contributed by atoms with Crippen LogP contribution in [0.4, 0.5) is 17.1 Å². The van der Waals surface area contributed by atoms with Gasteiger partial charge < -0.3 is 14.4 Å². The van der Waals surface area contributed by atoms with Crippen LogP contribution in [0.5, 0.6) is 23.0 Å². The molecular formula is C35H33NO2. The van der Waals surface area contributed by atoms with Crippen LogP contribution >= 0.6 is 0 Å². The molecule has 0 bridgehead atoms. The molecule has 0 N–H and O–H groups in total. The second-order valence-electron chi connectivity index (χ2n) is 9.90. The molecule has 38 heavy (non-hydrogen) atoms. The lowest BCUT2D eigenvalue weighted by Gasteiger charge is -2.27. The second kappa shape index (κ2) is 10.9. The third-order valence-corrected chi connectivity index (χ3v) is 6.64. The van der Waals surface area contributed by atoms with E-state index in [-0.39, 0.29) is 0 Å². The van der Waals surface area contributed by atoms with E-state index in [9.17, 15) is 0 Å². The Balaban J connectivity index is 1.66. The summed E-state index contributed by atoms with van der Waals surface area (Å²) in [7, 11) is 0. The molecular weight excluding hydrogens is 466 g/mol. The molecule has 0 saturated carbocycles. The van der Waals surface area contributed by atoms with Crippen molar-refractivity contribution in [2.45, 2.75) is 34.6 Å². The number of anilines is 3. The smallest absolute Gasteiger partial charge is 0.136 e. The molecule has 0 saturated heterocycles. The van der Waals surface area contributed by atoms with E-state index in [1.54, 1.807) is 0 Å². The van der Waals surface area contributed by atoms with Crippen LogP contribution in [0.3, 0.4) is 0 Å². The lowest BCUT2D eigenvalue weighted by molar-refractivity contribution is 0.454. The zero-order valence-corrected chi connectivity index (χ0v) is 22.7. The molecule has 5 aromatic rings. The first kappa shape index (κ1) is 25.2. The molecule has 0 spiro atoms. The molecule has 0 aliphatic rings. The van der Waals surface area contributed by atoms with Gasteiger partial charge in [0.1, 0.15) is 23.0 Å². The van der Waals surface area contributed by atoms with Gasteiger partial charge in [0.15, 0.2) is 0 Å². The van der Waals surface area contributed by atoms with Crippen LogP contribution in [0, 0.1) is 34.6 Å². The fourth-order valence-corrected chi connectivity index (χ4v) is 4.29. The molecule has 0 unspecified atom stereocenters. The average molecular weight is 500 g/mol. The predicted octanol–water partition coefficient (Wildman–Crippen LogP) is 10.3. The summed E-state index contributed by atoms with van der Waals surface area (Å²) in [5, 5.41) is 0. The van der Waals surface area contributed by atoms with Crippen LogP contribution in [0.2, 0.25) is 0 Å². The SMILES string of the molecule is Cc1ccc(Oc2cc(N(c3ccc(C)cc3)c3ccc(C)cc3)cc(Oc3ccc(C)cc3)c2C)cc1. The highest BCUT2D eigenvalue weighted by molar-refractivity contribution is 5.79. The van der Waals surface area contributed by atoms with Crippen LogP contribution in [-0.4, -0.2) is 0 Å². The largest absolute Gasteiger partial charge is 0.457 e. The summed E-state index contributed by atoms with van der Waals surface area (Å²) in [6, 6.07) is 37.6. The topological polar surface area (TPSA) is 21.7 Å². The van der Waals surface area contributed by atoms with Crippen molar-refractivity contribution in [1.29, 1.82) is 0 Å². The Bertz CT molecular complexity index is 1400. The van der Waals surface area contributed by atoms with Crippen LogP contribution < -0.4 is 14.4 Å². The van der Waals surface area contributed by atoms with E-state index in [2.05, 4.69) is 118 Å². The first-order valence-electron chi connectivity index (χ1n) is 12.9. The van der Waals surface area contributed by atoms with Gasteiger partial charge in [-0.15, -0.1) is 0 Å². The Kier molecular flexibility index (Phi) is 7.19. The summed E-state index contributed by atoms with van der Waals surface area (Å²) in [4.78, 5) is 2.24. The third kappa shape index (κ3) is 5.73. The van der Waals surface area contributed by atoms with Crippen molar-refractivity contribution >= 4 is 17.1 Å². The lowest BCUT2D eigenvalue weighted by Crippen LogP contribution is -2.10. The van der Waals surface area contributed by atoms with E-state index >= 15 is 0 Å². The minimum atomic E-state index is 0.748. The number of hydrogen-bond donors (Lipinski definition) is 0. The predicted molar refractivity (Wildman–Crippen MR) is 158 cm³/mol. The fourth-order valence-electron chi connectivity index (χ4n) is 4.29. The molecule has 5 aromatic carbocycles. The molecule has 5 rings (SSSR count). The van der Waals surface area contributed by atoms with E-state index in [1.807, 2.05) is 31.2 Å². The Morgan fingerprint density at radius 3 is 1.05 bits per heavy atom. The molecule has 3 nitrogen and oxygen atoms in total. The van der Waals surface area contributed by atoms with Gasteiger partial charge in [-0.3, -0.25) is 0 Å². The van der Waals surface area contributed by atoms with Gasteiger partial charge in [0, 0.05) is 29.1 Å². The second-order valence-corrected chi connectivity index (χ2v) is 9.90. The Labute approximate surface area is 225 Å². The summed E-state index contributed by atoms with van der Waals surface area (Å²) in [5.74, 6) is 3.07. The number of benzene rings is 5. The van der Waals surface area contributed by atoms with Crippen LogP contribution in [0.15, 0.2) is 109 Å². The summed E-state index contributed by atoms with van der Waals surface area (Å²) in [6.07, 6.45) is 0. The van der Waals surface area contributed by atoms with Crippen LogP contribution in [0.1, 0.15) is 27.8 Å². The number of aryl methyl sites for hydroxylation is 4. The van der Waals surface area contributed by atoms with Crippen molar-refractivity contribution in [3.05, 3.63) is 137 Å². The highest BCUT2D eigenvalue weighted by Crippen LogP contribution is 2.43. The summed E-state index contributed by atoms with van der Waals surface area (Å²) in [6.45, 7) is 10.4. The van der Waals surface area contributed by atoms with E-state index in [4.69, 9.17) is 9.47 Å². The van der Waals surface area contributed by atoms with Gasteiger partial charge in [-0.05, 0) is 83.1 Å². The van der Waals surface area contributed by atoms with Crippen molar-refractivity contribution in [1.82, 2.24) is 0 Å². The van der Waals surface area contributed by atoms with Gasteiger partial charge >= 0.3 is 0 Å². The van der Waals surface area contributed by atoms with Gasteiger partial charge in [-0.2, -0.15) is 0 Å². The standard InChI is InChI=1S/C35H33NO2/c1-24-6-14-29(15-7-24)36(30-16-8-25(2)9-17-30)31-22-34(37-32-18-10-26(3)11-19-32)28(5)35(23-31)38-33-20-12-27(4)13-21-33/h6-23H,1-5H3. The van der Waals surface area contributed by atoms with Gasteiger partial charge in [-0.25, -0.2) is 0 Å². The van der Waals surface area contributed by atoms with Crippen molar-refractivity contribution in [2.75, 3.05) is 4.90 Å². The highest BCUT2D eigenvalue weighted by atomic mass is 16.5. The van der Waals surface area contributed by atoms with Crippen molar-refractivity contribution < 1.29 is 9.47 Å². The van der Waals surface area contributed by atoms with E-state index in [0.717, 1.165) is 45.6 Å². The van der Waals surface area contributed by atoms with E-state index in [1.165, 1.54) is 22.3 Å². The number of rotatable bonds is 7. The minimum Gasteiger partial charge on any atom is -0.457 e. The normalized spacial score (nSPS) is 10.8. The zero-order chi connectivity index (χ0) is 26.6. The van der Waals surface area contributed by atoms with Gasteiger partial charge in [0.2, 0.25) is 0 Å².